The molecule has 1 amide bonds. The largest absolute Gasteiger partial charge is 0.321 e. The quantitative estimate of drug-likeness (QED) is 0.222. The Balaban J connectivity index is 1.57. The molecule has 5 nitrogen and oxygen atoms in total. The van der Waals surface area contributed by atoms with Crippen LogP contribution in [0.15, 0.2) is 122 Å². The molecule has 0 saturated carbocycles. The zero-order valence-corrected chi connectivity index (χ0v) is 23.2. The van der Waals surface area contributed by atoms with E-state index in [1.807, 2.05) is 91.0 Å². The summed E-state index contributed by atoms with van der Waals surface area (Å²) in [5.74, 6) is -0.213. The van der Waals surface area contributed by atoms with Crippen LogP contribution in [0.3, 0.4) is 0 Å². The Morgan fingerprint density at radius 3 is 2.18 bits per heavy atom. The second kappa shape index (κ2) is 10.2. The first-order valence-electron chi connectivity index (χ1n) is 12.1. The number of aromatic nitrogens is 1. The van der Waals surface area contributed by atoms with Crippen LogP contribution in [-0.4, -0.2) is 21.6 Å². The minimum Gasteiger partial charge on any atom is -0.321 e. The fraction of sp³-hybridized carbons (Fsp3) is 0.0645. The molecule has 0 fully saturated rings. The van der Waals surface area contributed by atoms with Crippen molar-refractivity contribution in [2.24, 2.45) is 5.10 Å². The van der Waals surface area contributed by atoms with E-state index in [0.29, 0.717) is 23.3 Å². The summed E-state index contributed by atoms with van der Waals surface area (Å²) in [7, 11) is 0. The number of hydrogen-bond donors (Lipinski definition) is 1. The first-order chi connectivity index (χ1) is 18.5. The van der Waals surface area contributed by atoms with Crippen molar-refractivity contribution in [3.05, 3.63) is 139 Å². The second-order valence-electron chi connectivity index (χ2n) is 9.09. The highest BCUT2D eigenvalue weighted by Crippen LogP contribution is 2.38. The number of fused-ring (bicyclic) bond motifs is 1. The summed E-state index contributed by atoms with van der Waals surface area (Å²) < 4.78 is 1.85. The highest BCUT2D eigenvalue weighted by molar-refractivity contribution is 9.10. The van der Waals surface area contributed by atoms with Crippen LogP contribution in [0.25, 0.3) is 22.0 Å². The molecule has 0 saturated heterocycles. The highest BCUT2D eigenvalue weighted by atomic mass is 79.9. The summed E-state index contributed by atoms with van der Waals surface area (Å²) in [6.45, 7) is 0. The molecule has 0 unspecified atom stereocenters. The number of pyridine rings is 1. The number of nitrogens with zero attached hydrogens (tertiary/aromatic N) is 2. The number of rotatable bonds is 4. The molecule has 0 radical (unpaired) electrons. The van der Waals surface area contributed by atoms with Crippen molar-refractivity contribution in [1.82, 2.24) is 9.99 Å². The van der Waals surface area contributed by atoms with Crippen LogP contribution >= 0.6 is 31.9 Å². The van der Waals surface area contributed by atoms with Crippen molar-refractivity contribution >= 4 is 54.4 Å². The standard InChI is InChI=1S/C31H21Br2N3O2/c32-22-13-11-19(12-14-22)27-18-26(35-36(27)31(38)21-9-5-2-6-10-21)29-28(20-7-3-1-4-8-20)24-17-23(33)15-16-25(24)34-30(29)37/h1-17,27H,18H2,(H,34,37)/t27-/m0/s1. The van der Waals surface area contributed by atoms with E-state index in [2.05, 4.69) is 36.8 Å². The SMILES string of the molecule is O=C(c1ccccc1)N1N=C(c2c(-c3ccccc3)c3cc(Br)ccc3[nH]c2=O)C[C@H]1c1ccc(Br)cc1. The number of hydrazone groups is 1. The van der Waals surface area contributed by atoms with Crippen LogP contribution in [0.4, 0.5) is 0 Å². The predicted molar refractivity (Wildman–Crippen MR) is 158 cm³/mol. The molecule has 0 bridgehead atoms. The van der Waals surface area contributed by atoms with Crippen molar-refractivity contribution < 1.29 is 4.79 Å². The molecule has 0 spiro atoms. The third kappa shape index (κ3) is 4.52. The van der Waals surface area contributed by atoms with E-state index >= 15 is 0 Å². The van der Waals surface area contributed by atoms with Gasteiger partial charge in [-0.15, -0.1) is 0 Å². The van der Waals surface area contributed by atoms with Gasteiger partial charge in [0.1, 0.15) is 0 Å². The van der Waals surface area contributed by atoms with Crippen molar-refractivity contribution in [2.45, 2.75) is 12.5 Å². The molecule has 2 heterocycles. The monoisotopic (exact) mass is 625 g/mol. The number of aromatic amines is 1. The highest BCUT2D eigenvalue weighted by Gasteiger charge is 2.35. The Labute approximate surface area is 236 Å². The van der Waals surface area contributed by atoms with Gasteiger partial charge in [-0.1, -0.05) is 92.5 Å². The topological polar surface area (TPSA) is 65.5 Å². The maximum Gasteiger partial charge on any atom is 0.274 e. The number of benzene rings is 4. The minimum absolute atomic E-state index is 0.213. The van der Waals surface area contributed by atoms with Gasteiger partial charge in [-0.25, -0.2) is 5.01 Å². The molecule has 186 valence electrons. The van der Waals surface area contributed by atoms with Crippen LogP contribution in [0.5, 0.6) is 0 Å². The maximum atomic E-state index is 13.7. The van der Waals surface area contributed by atoms with Gasteiger partial charge >= 0.3 is 0 Å². The first kappa shape index (κ1) is 24.5. The number of carbonyl (C=O) groups excluding carboxylic acids is 1. The number of hydrogen-bond acceptors (Lipinski definition) is 3. The zero-order valence-electron chi connectivity index (χ0n) is 20.1. The molecule has 0 aliphatic carbocycles. The summed E-state index contributed by atoms with van der Waals surface area (Å²) in [5, 5.41) is 7.27. The zero-order chi connectivity index (χ0) is 26.2. The van der Waals surface area contributed by atoms with Crippen LogP contribution in [-0.2, 0) is 0 Å². The number of nitrogens with one attached hydrogen (secondary N) is 1. The van der Waals surface area contributed by atoms with Crippen molar-refractivity contribution in [3.8, 4) is 11.1 Å². The molecule has 4 aromatic carbocycles. The van der Waals surface area contributed by atoms with Gasteiger partial charge in [-0.3, -0.25) is 9.59 Å². The number of amides is 1. The summed E-state index contributed by atoms with van der Waals surface area (Å²) in [4.78, 5) is 30.4. The van der Waals surface area contributed by atoms with E-state index in [4.69, 9.17) is 5.10 Å². The Bertz CT molecular complexity index is 1750. The van der Waals surface area contributed by atoms with Gasteiger partial charge in [0, 0.05) is 37.4 Å². The second-order valence-corrected chi connectivity index (χ2v) is 10.9. The van der Waals surface area contributed by atoms with E-state index in [1.165, 1.54) is 5.01 Å². The third-order valence-corrected chi connectivity index (χ3v) is 7.74. The number of H-pyrrole nitrogens is 1. The lowest BCUT2D eigenvalue weighted by molar-refractivity contribution is 0.0711. The maximum absolute atomic E-state index is 13.7. The van der Waals surface area contributed by atoms with Crippen LogP contribution in [0.1, 0.15) is 33.9 Å². The summed E-state index contributed by atoms with van der Waals surface area (Å²) in [6.07, 6.45) is 0.405. The minimum atomic E-state index is -0.355. The summed E-state index contributed by atoms with van der Waals surface area (Å²) in [6, 6.07) is 32.3. The van der Waals surface area contributed by atoms with Crippen LogP contribution in [0, 0.1) is 0 Å². The van der Waals surface area contributed by atoms with Gasteiger partial charge in [0.05, 0.1) is 17.3 Å². The Morgan fingerprint density at radius 2 is 1.47 bits per heavy atom. The Hall–Kier alpha value is -3.81. The predicted octanol–water partition coefficient (Wildman–Crippen LogP) is 7.71. The van der Waals surface area contributed by atoms with E-state index in [-0.39, 0.29) is 17.5 Å². The van der Waals surface area contributed by atoms with Crippen molar-refractivity contribution in [1.29, 1.82) is 0 Å². The first-order valence-corrected chi connectivity index (χ1v) is 13.7. The van der Waals surface area contributed by atoms with Gasteiger partial charge in [0.15, 0.2) is 0 Å². The lowest BCUT2D eigenvalue weighted by Gasteiger charge is -2.22. The Kier molecular flexibility index (Phi) is 6.55. The van der Waals surface area contributed by atoms with E-state index < -0.39 is 0 Å². The third-order valence-electron chi connectivity index (χ3n) is 6.72. The summed E-state index contributed by atoms with van der Waals surface area (Å²) in [5.41, 5.74) is 4.75. The lowest BCUT2D eigenvalue weighted by Crippen LogP contribution is -2.27. The molecule has 1 aliphatic rings. The van der Waals surface area contributed by atoms with Crippen LogP contribution < -0.4 is 5.56 Å². The molecule has 1 aliphatic heterocycles. The molecular weight excluding hydrogens is 606 g/mol. The molecule has 1 aromatic heterocycles. The number of halogens is 2. The van der Waals surface area contributed by atoms with Crippen LogP contribution in [0.2, 0.25) is 0 Å². The fourth-order valence-electron chi connectivity index (χ4n) is 4.95. The molecule has 7 heteroatoms. The molecule has 1 N–H and O–H groups in total. The number of carbonyl (C=O) groups is 1. The average molecular weight is 627 g/mol. The van der Waals surface area contributed by atoms with E-state index in [1.54, 1.807) is 12.1 Å². The molecule has 1 atom stereocenters. The van der Waals surface area contributed by atoms with Gasteiger partial charge < -0.3 is 4.98 Å². The van der Waals surface area contributed by atoms with E-state index in [0.717, 1.165) is 36.5 Å². The van der Waals surface area contributed by atoms with E-state index in [9.17, 15) is 9.59 Å². The van der Waals surface area contributed by atoms with Crippen molar-refractivity contribution in [2.75, 3.05) is 0 Å². The molecular formula is C31H21Br2N3O2. The van der Waals surface area contributed by atoms with Gasteiger partial charge in [-0.2, -0.15) is 5.10 Å². The molecule has 5 aromatic rings. The fourth-order valence-corrected chi connectivity index (χ4v) is 5.58. The smallest absolute Gasteiger partial charge is 0.274 e. The van der Waals surface area contributed by atoms with Gasteiger partial charge in [0.25, 0.3) is 11.5 Å². The summed E-state index contributed by atoms with van der Waals surface area (Å²) >= 11 is 7.09. The molecule has 6 rings (SSSR count). The normalized spacial score (nSPS) is 15.1. The lowest BCUT2D eigenvalue weighted by atomic mass is 9.91. The Morgan fingerprint density at radius 1 is 0.816 bits per heavy atom. The van der Waals surface area contributed by atoms with Crippen molar-refractivity contribution in [3.63, 3.8) is 0 Å². The average Bonchev–Trinajstić information content (AvgIpc) is 3.38. The van der Waals surface area contributed by atoms with Gasteiger partial charge in [-0.05, 0) is 53.6 Å². The van der Waals surface area contributed by atoms with Gasteiger partial charge in [0.2, 0.25) is 0 Å². The molecule has 38 heavy (non-hydrogen) atoms.